The highest BCUT2D eigenvalue weighted by molar-refractivity contribution is 9.10. The number of halogens is 1. The highest BCUT2D eigenvalue weighted by Crippen LogP contribution is 2.26. The zero-order valence-corrected chi connectivity index (χ0v) is 22.4. The van der Waals surface area contributed by atoms with E-state index in [0.29, 0.717) is 48.5 Å². The van der Waals surface area contributed by atoms with E-state index in [-0.39, 0.29) is 11.5 Å². The van der Waals surface area contributed by atoms with Crippen molar-refractivity contribution in [2.24, 2.45) is 0 Å². The summed E-state index contributed by atoms with van der Waals surface area (Å²) in [5.74, 6) is 0.471. The minimum Gasteiger partial charge on any atom is -0.327 e. The predicted molar refractivity (Wildman–Crippen MR) is 146 cm³/mol. The summed E-state index contributed by atoms with van der Waals surface area (Å²) in [6.07, 6.45) is 2.21. The van der Waals surface area contributed by atoms with Gasteiger partial charge in [-0.2, -0.15) is 0 Å². The first-order valence-corrected chi connectivity index (χ1v) is 12.8. The number of amides is 1. The zero-order valence-electron chi connectivity index (χ0n) is 20.8. The lowest BCUT2D eigenvalue weighted by Crippen LogP contribution is -2.42. The molecule has 2 aromatic heterocycles. The lowest BCUT2D eigenvalue weighted by molar-refractivity contribution is 0.0642. The number of aromatic nitrogens is 3. The van der Waals surface area contributed by atoms with E-state index in [4.69, 9.17) is 4.98 Å². The molecule has 0 radical (unpaired) electrons. The summed E-state index contributed by atoms with van der Waals surface area (Å²) in [5, 5.41) is 0. The van der Waals surface area contributed by atoms with Crippen molar-refractivity contribution in [3.63, 3.8) is 0 Å². The van der Waals surface area contributed by atoms with E-state index < -0.39 is 6.04 Å². The molecule has 1 amide bonds. The molecule has 0 aliphatic heterocycles. The van der Waals surface area contributed by atoms with E-state index in [1.54, 1.807) is 22.9 Å². The smallest absolute Gasteiger partial charge is 0.280 e. The molecule has 1 atom stereocenters. The van der Waals surface area contributed by atoms with Gasteiger partial charge in [0.15, 0.2) is 5.52 Å². The molecule has 0 bridgehead atoms. The Kier molecular flexibility index (Phi) is 8.28. The van der Waals surface area contributed by atoms with E-state index in [1.807, 2.05) is 85.4 Å². The molecule has 7 nitrogen and oxygen atoms in total. The molecule has 1 unspecified atom stereocenters. The van der Waals surface area contributed by atoms with Gasteiger partial charge in [0.05, 0.1) is 18.1 Å². The van der Waals surface area contributed by atoms with Crippen LogP contribution in [0.25, 0.3) is 11.0 Å². The van der Waals surface area contributed by atoms with Crippen LogP contribution < -0.4 is 5.56 Å². The van der Waals surface area contributed by atoms with E-state index in [9.17, 15) is 9.59 Å². The number of hydrogen-bond acceptors (Lipinski definition) is 5. The predicted octanol–water partition coefficient (Wildman–Crippen LogP) is 4.76. The molecule has 0 aliphatic carbocycles. The molecule has 0 aliphatic rings. The average molecular weight is 548 g/mol. The van der Waals surface area contributed by atoms with Crippen LogP contribution in [-0.4, -0.2) is 57.4 Å². The number of hydrogen-bond donors (Lipinski definition) is 0. The van der Waals surface area contributed by atoms with Gasteiger partial charge in [-0.3, -0.25) is 14.2 Å². The summed E-state index contributed by atoms with van der Waals surface area (Å²) in [7, 11) is 3.96. The number of pyridine rings is 1. The second-order valence-electron chi connectivity index (χ2n) is 8.95. The van der Waals surface area contributed by atoms with Crippen molar-refractivity contribution in [3.8, 4) is 0 Å². The first-order chi connectivity index (χ1) is 17.4. The molecule has 0 saturated carbocycles. The number of likely N-dealkylation sites (N-methyl/N-ethyl adjacent to an activating group) is 1. The molecule has 0 N–H and O–H groups in total. The van der Waals surface area contributed by atoms with Gasteiger partial charge in [-0.05, 0) is 62.5 Å². The number of benzene rings is 2. The second kappa shape index (κ2) is 11.6. The zero-order chi connectivity index (χ0) is 25.7. The highest BCUT2D eigenvalue weighted by atomic mass is 79.9. The van der Waals surface area contributed by atoms with Gasteiger partial charge in [0, 0.05) is 29.3 Å². The van der Waals surface area contributed by atoms with Crippen molar-refractivity contribution in [2.45, 2.75) is 25.9 Å². The van der Waals surface area contributed by atoms with Gasteiger partial charge in [0.1, 0.15) is 5.82 Å². The van der Waals surface area contributed by atoms with Crippen molar-refractivity contribution in [1.29, 1.82) is 0 Å². The van der Waals surface area contributed by atoms with Crippen molar-refractivity contribution in [2.75, 3.05) is 27.2 Å². The number of rotatable bonds is 9. The normalized spacial score (nSPS) is 12.1. The Morgan fingerprint density at radius 3 is 2.39 bits per heavy atom. The van der Waals surface area contributed by atoms with Crippen LogP contribution >= 0.6 is 15.9 Å². The topological polar surface area (TPSA) is 71.3 Å². The maximum Gasteiger partial charge on any atom is 0.280 e. The first-order valence-electron chi connectivity index (χ1n) is 12.0. The van der Waals surface area contributed by atoms with Gasteiger partial charge in [0.25, 0.3) is 11.5 Å². The van der Waals surface area contributed by atoms with Crippen molar-refractivity contribution in [1.82, 2.24) is 24.3 Å². The van der Waals surface area contributed by atoms with Crippen LogP contribution in [0.2, 0.25) is 0 Å². The minimum atomic E-state index is -0.401. The maximum absolute atomic E-state index is 13.8. The quantitative estimate of drug-likeness (QED) is 0.302. The van der Waals surface area contributed by atoms with Crippen LogP contribution in [0.1, 0.15) is 41.1 Å². The van der Waals surface area contributed by atoms with Gasteiger partial charge in [0.2, 0.25) is 0 Å². The summed E-state index contributed by atoms with van der Waals surface area (Å²) in [4.78, 5) is 40.6. The first kappa shape index (κ1) is 25.7. The van der Waals surface area contributed by atoms with Crippen LogP contribution in [0.15, 0.2) is 82.2 Å². The van der Waals surface area contributed by atoms with E-state index in [0.717, 1.165) is 10.0 Å². The Balaban J connectivity index is 1.87. The standard InChI is InChI=1S/C28H30BrN5O2/c1-4-24(33(18-17-32(2)3)27(35)21-12-14-22(29)15-13-21)26-31-23-11-8-16-30-25(23)28(36)34(26)19-20-9-6-5-7-10-20/h5-16,24H,4,17-19H2,1-3H3. The van der Waals surface area contributed by atoms with Crippen LogP contribution in [0.4, 0.5) is 0 Å². The largest absolute Gasteiger partial charge is 0.327 e. The van der Waals surface area contributed by atoms with Gasteiger partial charge in [-0.15, -0.1) is 0 Å². The summed E-state index contributed by atoms with van der Waals surface area (Å²) in [5.41, 5.74) is 2.22. The fourth-order valence-corrected chi connectivity index (χ4v) is 4.51. The summed E-state index contributed by atoms with van der Waals surface area (Å²) < 4.78 is 2.59. The van der Waals surface area contributed by atoms with Crippen LogP contribution in [0.3, 0.4) is 0 Å². The van der Waals surface area contributed by atoms with Crippen molar-refractivity contribution in [3.05, 3.63) is 105 Å². The van der Waals surface area contributed by atoms with E-state index in [2.05, 4.69) is 20.9 Å². The average Bonchev–Trinajstić information content (AvgIpc) is 2.89. The molecule has 4 rings (SSSR count). The van der Waals surface area contributed by atoms with Crippen LogP contribution in [0, 0.1) is 0 Å². The van der Waals surface area contributed by atoms with E-state index in [1.165, 1.54) is 0 Å². The highest BCUT2D eigenvalue weighted by Gasteiger charge is 2.29. The minimum absolute atomic E-state index is 0.0945. The SMILES string of the molecule is CCC(c1nc2cccnc2c(=O)n1Cc1ccccc1)N(CCN(C)C)C(=O)c1ccc(Br)cc1. The van der Waals surface area contributed by atoms with Crippen LogP contribution in [-0.2, 0) is 6.54 Å². The Morgan fingerprint density at radius 1 is 1.00 bits per heavy atom. The molecule has 8 heteroatoms. The lowest BCUT2D eigenvalue weighted by atomic mass is 10.1. The Morgan fingerprint density at radius 2 is 1.72 bits per heavy atom. The van der Waals surface area contributed by atoms with Crippen molar-refractivity contribution >= 4 is 32.9 Å². The molecule has 2 aromatic carbocycles. The fourth-order valence-electron chi connectivity index (χ4n) is 4.25. The third kappa shape index (κ3) is 5.71. The van der Waals surface area contributed by atoms with Crippen molar-refractivity contribution < 1.29 is 4.79 Å². The third-order valence-corrected chi connectivity index (χ3v) is 6.66. The molecule has 0 fully saturated rings. The number of carbonyl (C=O) groups excluding carboxylic acids is 1. The Bertz CT molecular complexity index is 1390. The van der Waals surface area contributed by atoms with Gasteiger partial charge < -0.3 is 9.80 Å². The number of carbonyl (C=O) groups is 1. The van der Waals surface area contributed by atoms with Crippen LogP contribution in [0.5, 0.6) is 0 Å². The van der Waals surface area contributed by atoms with E-state index >= 15 is 0 Å². The van der Waals surface area contributed by atoms with Gasteiger partial charge in [-0.25, -0.2) is 9.97 Å². The molecular formula is C28H30BrN5O2. The van der Waals surface area contributed by atoms with Gasteiger partial charge in [-0.1, -0.05) is 53.2 Å². The molecule has 0 spiro atoms. The number of nitrogens with zero attached hydrogens (tertiary/aromatic N) is 5. The molecule has 36 heavy (non-hydrogen) atoms. The summed E-state index contributed by atoms with van der Waals surface area (Å²) in [6, 6.07) is 20.3. The third-order valence-electron chi connectivity index (χ3n) is 6.13. The maximum atomic E-state index is 13.8. The Labute approximate surface area is 219 Å². The number of fused-ring (bicyclic) bond motifs is 1. The molecule has 186 valence electrons. The molecule has 2 heterocycles. The molecule has 0 saturated heterocycles. The van der Waals surface area contributed by atoms with Gasteiger partial charge >= 0.3 is 0 Å². The Hall–Kier alpha value is -3.36. The second-order valence-corrected chi connectivity index (χ2v) is 9.87. The fraction of sp³-hybridized carbons (Fsp3) is 0.286. The molecule has 4 aromatic rings. The lowest BCUT2D eigenvalue weighted by Gasteiger charge is -2.33. The summed E-state index contributed by atoms with van der Waals surface area (Å²) in [6.45, 7) is 3.54. The monoisotopic (exact) mass is 547 g/mol. The summed E-state index contributed by atoms with van der Waals surface area (Å²) >= 11 is 3.45. The molecular weight excluding hydrogens is 518 g/mol.